The molecule has 1 aliphatic rings. The van der Waals surface area contributed by atoms with E-state index in [4.69, 9.17) is 16.3 Å². The van der Waals surface area contributed by atoms with E-state index in [-0.39, 0.29) is 12.6 Å². The SMILES string of the molecule is CC1c2c(ccc(OCC(O)c3ccc(Cl)cn3)c2Br)CCN1C(=O)O. The van der Waals surface area contributed by atoms with Gasteiger partial charge in [0.15, 0.2) is 0 Å². The molecule has 3 rings (SSSR count). The van der Waals surface area contributed by atoms with E-state index in [2.05, 4.69) is 20.9 Å². The van der Waals surface area contributed by atoms with E-state index in [9.17, 15) is 15.0 Å². The van der Waals surface area contributed by atoms with Gasteiger partial charge in [0.05, 0.1) is 21.2 Å². The van der Waals surface area contributed by atoms with E-state index in [1.807, 2.05) is 19.1 Å². The van der Waals surface area contributed by atoms with Crippen molar-refractivity contribution in [3.8, 4) is 5.75 Å². The van der Waals surface area contributed by atoms with Gasteiger partial charge in [0.2, 0.25) is 0 Å². The summed E-state index contributed by atoms with van der Waals surface area (Å²) >= 11 is 9.34. The molecule has 2 unspecified atom stereocenters. The quantitative estimate of drug-likeness (QED) is 0.743. The first kappa shape index (κ1) is 18.9. The van der Waals surface area contributed by atoms with Crippen molar-refractivity contribution in [2.75, 3.05) is 13.2 Å². The number of amides is 1. The molecule has 1 aromatic heterocycles. The molecule has 8 heteroatoms. The number of carbonyl (C=O) groups is 1. The number of nitrogens with zero attached hydrogens (tertiary/aromatic N) is 2. The van der Waals surface area contributed by atoms with E-state index in [0.717, 1.165) is 11.1 Å². The van der Waals surface area contributed by atoms with Crippen LogP contribution in [0.15, 0.2) is 34.9 Å². The summed E-state index contributed by atoms with van der Waals surface area (Å²) in [6.07, 6.45) is 0.285. The zero-order valence-corrected chi connectivity index (χ0v) is 16.4. The minimum atomic E-state index is -0.939. The van der Waals surface area contributed by atoms with Crippen molar-refractivity contribution in [2.24, 2.45) is 0 Å². The number of aliphatic hydroxyl groups excluding tert-OH is 1. The first-order valence-corrected chi connectivity index (χ1v) is 9.28. The Balaban J connectivity index is 1.77. The molecule has 0 aliphatic carbocycles. The number of fused-ring (bicyclic) bond motifs is 1. The molecular weight excluding hydrogens is 424 g/mol. The van der Waals surface area contributed by atoms with Gasteiger partial charge in [-0.2, -0.15) is 0 Å². The van der Waals surface area contributed by atoms with Gasteiger partial charge in [-0.05, 0) is 58.6 Å². The van der Waals surface area contributed by atoms with Gasteiger partial charge in [0.25, 0.3) is 0 Å². The lowest BCUT2D eigenvalue weighted by molar-refractivity contribution is 0.104. The molecule has 0 saturated carbocycles. The van der Waals surface area contributed by atoms with Gasteiger partial charge in [-0.3, -0.25) is 4.98 Å². The van der Waals surface area contributed by atoms with Gasteiger partial charge >= 0.3 is 6.09 Å². The van der Waals surface area contributed by atoms with Crippen molar-refractivity contribution in [1.82, 2.24) is 9.88 Å². The summed E-state index contributed by atoms with van der Waals surface area (Å²) in [6.45, 7) is 2.34. The van der Waals surface area contributed by atoms with Crippen LogP contribution in [-0.4, -0.2) is 39.3 Å². The van der Waals surface area contributed by atoms with Gasteiger partial charge in [0, 0.05) is 12.7 Å². The van der Waals surface area contributed by atoms with Crippen molar-refractivity contribution in [3.05, 3.63) is 56.8 Å². The van der Waals surface area contributed by atoms with E-state index >= 15 is 0 Å². The molecule has 1 aliphatic heterocycles. The summed E-state index contributed by atoms with van der Waals surface area (Å²) in [5.74, 6) is 0.552. The van der Waals surface area contributed by atoms with Crippen LogP contribution in [0.25, 0.3) is 0 Å². The summed E-state index contributed by atoms with van der Waals surface area (Å²) in [7, 11) is 0. The fourth-order valence-corrected chi connectivity index (χ4v) is 4.03. The lowest BCUT2D eigenvalue weighted by atomic mass is 9.93. The number of hydrogen-bond acceptors (Lipinski definition) is 4. The van der Waals surface area contributed by atoms with Gasteiger partial charge in [-0.15, -0.1) is 0 Å². The van der Waals surface area contributed by atoms with Crippen LogP contribution in [0.4, 0.5) is 4.79 Å². The molecule has 1 amide bonds. The normalized spacial score (nSPS) is 17.5. The Morgan fingerprint density at radius 2 is 2.23 bits per heavy atom. The second kappa shape index (κ2) is 7.82. The predicted molar refractivity (Wildman–Crippen MR) is 101 cm³/mol. The molecular formula is C18H18BrClN2O4. The molecule has 0 fully saturated rings. The highest BCUT2D eigenvalue weighted by atomic mass is 79.9. The molecule has 2 aromatic rings. The van der Waals surface area contributed by atoms with Crippen LogP contribution in [0.1, 0.15) is 35.9 Å². The summed E-state index contributed by atoms with van der Waals surface area (Å²) < 4.78 is 6.47. The maximum atomic E-state index is 11.4. The van der Waals surface area contributed by atoms with Gasteiger partial charge in [-0.25, -0.2) is 4.79 Å². The Bertz CT molecular complexity index is 816. The summed E-state index contributed by atoms with van der Waals surface area (Å²) in [5.41, 5.74) is 2.46. The van der Waals surface area contributed by atoms with E-state index in [0.29, 0.717) is 33.9 Å². The van der Waals surface area contributed by atoms with Crippen molar-refractivity contribution in [1.29, 1.82) is 0 Å². The Morgan fingerprint density at radius 1 is 1.46 bits per heavy atom. The molecule has 0 saturated heterocycles. The Hall–Kier alpha value is -1.83. The predicted octanol–water partition coefficient (Wildman–Crippen LogP) is 4.21. The number of ether oxygens (including phenoxy) is 1. The molecule has 26 heavy (non-hydrogen) atoms. The van der Waals surface area contributed by atoms with Gasteiger partial charge in [0.1, 0.15) is 18.5 Å². The van der Waals surface area contributed by atoms with Crippen molar-refractivity contribution >= 4 is 33.6 Å². The zero-order valence-electron chi connectivity index (χ0n) is 14.0. The van der Waals surface area contributed by atoms with Crippen LogP contribution in [0.3, 0.4) is 0 Å². The summed E-state index contributed by atoms with van der Waals surface area (Å²) in [4.78, 5) is 16.9. The van der Waals surface area contributed by atoms with E-state index < -0.39 is 12.2 Å². The third-order valence-corrected chi connectivity index (χ3v) is 5.52. The highest BCUT2D eigenvalue weighted by Gasteiger charge is 2.30. The number of halogens is 2. The monoisotopic (exact) mass is 440 g/mol. The van der Waals surface area contributed by atoms with Crippen LogP contribution in [0.2, 0.25) is 5.02 Å². The van der Waals surface area contributed by atoms with E-state index in [1.54, 1.807) is 12.1 Å². The Labute approximate surface area is 164 Å². The highest BCUT2D eigenvalue weighted by molar-refractivity contribution is 9.10. The third-order valence-electron chi connectivity index (χ3n) is 4.48. The molecule has 138 valence electrons. The first-order valence-electron chi connectivity index (χ1n) is 8.11. The van der Waals surface area contributed by atoms with Crippen molar-refractivity contribution in [2.45, 2.75) is 25.5 Å². The molecule has 6 nitrogen and oxygen atoms in total. The van der Waals surface area contributed by atoms with Crippen molar-refractivity contribution in [3.63, 3.8) is 0 Å². The average molecular weight is 442 g/mol. The minimum Gasteiger partial charge on any atom is -0.489 e. The van der Waals surface area contributed by atoms with Crippen LogP contribution in [0.5, 0.6) is 5.75 Å². The molecule has 2 atom stereocenters. The van der Waals surface area contributed by atoms with Crippen LogP contribution in [0, 0.1) is 0 Å². The molecule has 2 heterocycles. The Kier molecular flexibility index (Phi) is 5.70. The standard InChI is InChI=1S/C18H18BrClN2O4/c1-10-16-11(6-7-22(10)18(24)25)2-5-15(17(16)19)26-9-14(23)13-4-3-12(20)8-21-13/h2-5,8,10,14,23H,6-7,9H2,1H3,(H,24,25). The van der Waals surface area contributed by atoms with Crippen molar-refractivity contribution < 1.29 is 19.7 Å². The third kappa shape index (κ3) is 3.79. The fraction of sp³-hybridized carbons (Fsp3) is 0.333. The molecule has 2 N–H and O–H groups in total. The molecule has 1 aromatic carbocycles. The number of aliphatic hydroxyl groups is 1. The highest BCUT2D eigenvalue weighted by Crippen LogP contribution is 2.40. The second-order valence-corrected chi connectivity index (χ2v) is 7.31. The fourth-order valence-electron chi connectivity index (χ4n) is 3.08. The average Bonchev–Trinajstić information content (AvgIpc) is 2.61. The number of pyridine rings is 1. The number of rotatable bonds is 4. The van der Waals surface area contributed by atoms with Gasteiger partial charge < -0.3 is 19.8 Å². The van der Waals surface area contributed by atoms with E-state index in [1.165, 1.54) is 11.1 Å². The number of hydrogen-bond donors (Lipinski definition) is 2. The summed E-state index contributed by atoms with van der Waals surface area (Å²) in [5, 5.41) is 20.1. The smallest absolute Gasteiger partial charge is 0.407 e. The molecule has 0 bridgehead atoms. The van der Waals surface area contributed by atoms with Crippen LogP contribution < -0.4 is 4.74 Å². The summed E-state index contributed by atoms with van der Waals surface area (Å²) in [6, 6.07) is 6.79. The van der Waals surface area contributed by atoms with Crippen LogP contribution in [-0.2, 0) is 6.42 Å². The maximum Gasteiger partial charge on any atom is 0.407 e. The first-order chi connectivity index (χ1) is 12.4. The lowest BCUT2D eigenvalue weighted by Crippen LogP contribution is -2.38. The lowest BCUT2D eigenvalue weighted by Gasteiger charge is -2.34. The number of carboxylic acid groups (broad SMARTS) is 1. The largest absolute Gasteiger partial charge is 0.489 e. The number of aromatic nitrogens is 1. The minimum absolute atomic E-state index is 0.0169. The number of benzene rings is 1. The Morgan fingerprint density at radius 3 is 2.88 bits per heavy atom. The second-order valence-electron chi connectivity index (χ2n) is 6.08. The van der Waals surface area contributed by atoms with Crippen LogP contribution >= 0.6 is 27.5 Å². The van der Waals surface area contributed by atoms with Gasteiger partial charge in [-0.1, -0.05) is 17.7 Å². The molecule has 0 radical (unpaired) electrons. The molecule has 0 spiro atoms. The maximum absolute atomic E-state index is 11.4. The topological polar surface area (TPSA) is 82.9 Å². The zero-order chi connectivity index (χ0) is 18.8.